The number of halogens is 4. The molecule has 264 valence electrons. The molecule has 0 spiro atoms. The normalized spacial score (nSPS) is 14.3. The van der Waals surface area contributed by atoms with Crippen LogP contribution in [0.2, 0.25) is 5.02 Å². The van der Waals surface area contributed by atoms with E-state index >= 15 is 0 Å². The third-order valence-electron chi connectivity index (χ3n) is 8.47. The Kier molecular flexibility index (Phi) is 12.3. The average molecular weight is 702 g/mol. The van der Waals surface area contributed by atoms with Gasteiger partial charge in [0.15, 0.2) is 5.60 Å². The van der Waals surface area contributed by atoms with Gasteiger partial charge < -0.3 is 19.9 Å². The molecule has 3 aromatic rings. The van der Waals surface area contributed by atoms with Crippen LogP contribution in [0.1, 0.15) is 63.3 Å². The molecule has 3 rings (SSSR count). The van der Waals surface area contributed by atoms with E-state index in [1.165, 1.54) is 19.0 Å². The van der Waals surface area contributed by atoms with Gasteiger partial charge in [0.2, 0.25) is 11.8 Å². The molecule has 0 aliphatic rings. The Labute approximate surface area is 290 Å². The summed E-state index contributed by atoms with van der Waals surface area (Å²) in [7, 11) is 2.77. The van der Waals surface area contributed by atoms with Crippen LogP contribution in [-0.4, -0.2) is 71.4 Å². The molecule has 3 atom stereocenters. The number of likely N-dealkylation sites (N-methyl/N-ethyl adjacent to an activating group) is 2. The summed E-state index contributed by atoms with van der Waals surface area (Å²) in [5, 5.41) is 2.08. The molecule has 0 heterocycles. The molecule has 49 heavy (non-hydrogen) atoms. The standard InChI is InChI=1S/C37H43ClF3N3O5/c1-23(2)31(44(8)34(48)35(5,6)42-33(47)37(39,40)41)32(46)43(7)25(4)22-30(45)49-36(26-14-10-9-11-15-26,27-20-18-24(3)19-21-27)28-16-12-13-17-29(28)38/h9-21,23,25,31H,22H2,1-8H3,(H,42,47)/t25-,31+,36?/m1/s1. The predicted octanol–water partition coefficient (Wildman–Crippen LogP) is 6.66. The molecule has 0 aromatic heterocycles. The van der Waals surface area contributed by atoms with Crippen LogP contribution in [0.5, 0.6) is 0 Å². The molecule has 0 radical (unpaired) electrons. The lowest BCUT2D eigenvalue weighted by atomic mass is 9.79. The topological polar surface area (TPSA) is 96.0 Å². The highest BCUT2D eigenvalue weighted by molar-refractivity contribution is 6.31. The van der Waals surface area contributed by atoms with E-state index in [0.717, 1.165) is 24.3 Å². The number of esters is 1. The average Bonchev–Trinajstić information content (AvgIpc) is 3.03. The molecular formula is C37H43ClF3N3O5. The summed E-state index contributed by atoms with van der Waals surface area (Å²) in [6.07, 6.45) is -5.44. The van der Waals surface area contributed by atoms with Crippen molar-refractivity contribution in [1.82, 2.24) is 15.1 Å². The minimum atomic E-state index is -5.20. The van der Waals surface area contributed by atoms with E-state index in [0.29, 0.717) is 21.7 Å². The summed E-state index contributed by atoms with van der Waals surface area (Å²) in [5.41, 5.74) is -0.581. The molecule has 0 saturated carbocycles. The van der Waals surface area contributed by atoms with Crippen molar-refractivity contribution in [2.45, 2.75) is 77.4 Å². The van der Waals surface area contributed by atoms with Crippen LogP contribution in [0.4, 0.5) is 13.2 Å². The van der Waals surface area contributed by atoms with Gasteiger partial charge in [-0.1, -0.05) is 104 Å². The zero-order valence-corrected chi connectivity index (χ0v) is 29.6. The van der Waals surface area contributed by atoms with Crippen molar-refractivity contribution in [2.75, 3.05) is 14.1 Å². The lowest BCUT2D eigenvalue weighted by Crippen LogP contribution is -2.62. The van der Waals surface area contributed by atoms with E-state index in [4.69, 9.17) is 16.3 Å². The number of hydrogen-bond donors (Lipinski definition) is 1. The number of aryl methyl sites for hydroxylation is 1. The van der Waals surface area contributed by atoms with Gasteiger partial charge in [-0.05, 0) is 39.7 Å². The number of rotatable bonds is 12. The van der Waals surface area contributed by atoms with Crippen molar-refractivity contribution in [2.24, 2.45) is 5.92 Å². The zero-order valence-electron chi connectivity index (χ0n) is 28.9. The van der Waals surface area contributed by atoms with Crippen LogP contribution in [0.15, 0.2) is 78.9 Å². The quantitative estimate of drug-likeness (QED) is 0.168. The number of carbonyl (C=O) groups is 4. The van der Waals surface area contributed by atoms with Gasteiger partial charge in [0.05, 0.1) is 6.42 Å². The third-order valence-corrected chi connectivity index (χ3v) is 8.80. The molecule has 1 N–H and O–H groups in total. The van der Waals surface area contributed by atoms with Crippen LogP contribution in [0.3, 0.4) is 0 Å². The van der Waals surface area contributed by atoms with E-state index in [2.05, 4.69) is 0 Å². The van der Waals surface area contributed by atoms with Crippen LogP contribution in [0, 0.1) is 12.8 Å². The van der Waals surface area contributed by atoms with Gasteiger partial charge in [0, 0.05) is 41.9 Å². The van der Waals surface area contributed by atoms with E-state index in [-0.39, 0.29) is 6.42 Å². The molecule has 12 heteroatoms. The Bertz CT molecular complexity index is 1650. The zero-order chi connectivity index (χ0) is 36.9. The van der Waals surface area contributed by atoms with E-state index in [1.807, 2.05) is 61.5 Å². The van der Waals surface area contributed by atoms with Gasteiger partial charge >= 0.3 is 18.1 Å². The van der Waals surface area contributed by atoms with Crippen molar-refractivity contribution in [3.05, 3.63) is 106 Å². The minimum Gasteiger partial charge on any atom is -0.444 e. The second-order valence-electron chi connectivity index (χ2n) is 13.1. The summed E-state index contributed by atoms with van der Waals surface area (Å²) in [5.74, 6) is -4.85. The third kappa shape index (κ3) is 8.81. The smallest absolute Gasteiger partial charge is 0.444 e. The van der Waals surface area contributed by atoms with Crippen molar-refractivity contribution >= 4 is 35.3 Å². The van der Waals surface area contributed by atoms with E-state index in [9.17, 15) is 32.3 Å². The molecule has 0 aliphatic carbocycles. The van der Waals surface area contributed by atoms with Crippen LogP contribution >= 0.6 is 11.6 Å². The maximum atomic E-state index is 14.0. The Morgan fingerprint density at radius 2 is 1.35 bits per heavy atom. The molecule has 0 bridgehead atoms. The summed E-state index contributed by atoms with van der Waals surface area (Å²) in [6, 6.07) is 22.0. The maximum Gasteiger partial charge on any atom is 0.471 e. The number of ether oxygens (including phenoxy) is 1. The second-order valence-corrected chi connectivity index (χ2v) is 13.5. The predicted molar refractivity (Wildman–Crippen MR) is 182 cm³/mol. The number of hydrogen-bond acceptors (Lipinski definition) is 5. The van der Waals surface area contributed by atoms with Crippen LogP contribution in [-0.2, 0) is 29.5 Å². The van der Waals surface area contributed by atoms with Crippen LogP contribution in [0.25, 0.3) is 0 Å². The van der Waals surface area contributed by atoms with Crippen molar-refractivity contribution < 1.29 is 37.1 Å². The lowest BCUT2D eigenvalue weighted by molar-refractivity contribution is -0.176. The molecule has 8 nitrogen and oxygen atoms in total. The highest BCUT2D eigenvalue weighted by Crippen LogP contribution is 2.44. The Balaban J connectivity index is 1.93. The fraction of sp³-hybridized carbons (Fsp3) is 0.405. The van der Waals surface area contributed by atoms with Gasteiger partial charge in [0.25, 0.3) is 0 Å². The van der Waals surface area contributed by atoms with Gasteiger partial charge in [-0.25, -0.2) is 0 Å². The fourth-order valence-corrected chi connectivity index (χ4v) is 6.02. The lowest BCUT2D eigenvalue weighted by Gasteiger charge is -2.39. The first-order chi connectivity index (χ1) is 22.7. The SMILES string of the molecule is Cc1ccc(C(OC(=O)C[C@@H](C)N(C)C(=O)[C@H](C(C)C)N(C)C(=O)C(C)(C)NC(=O)C(F)(F)F)(c2ccccc2)c2ccccc2Cl)cc1. The Morgan fingerprint density at radius 3 is 1.88 bits per heavy atom. The summed E-state index contributed by atoms with van der Waals surface area (Å²) >= 11 is 6.77. The number of carbonyl (C=O) groups excluding carboxylic acids is 4. The first kappa shape index (κ1) is 39.1. The number of alkyl halides is 3. The van der Waals surface area contributed by atoms with Gasteiger partial charge in [-0.15, -0.1) is 0 Å². The van der Waals surface area contributed by atoms with Gasteiger partial charge in [-0.2, -0.15) is 13.2 Å². The summed E-state index contributed by atoms with van der Waals surface area (Å²) in [4.78, 5) is 55.1. The molecule has 3 aromatic carbocycles. The Hall–Kier alpha value is -4.38. The number of nitrogens with one attached hydrogen (secondary N) is 1. The number of benzene rings is 3. The van der Waals surface area contributed by atoms with Crippen LogP contribution < -0.4 is 5.32 Å². The van der Waals surface area contributed by atoms with E-state index in [1.54, 1.807) is 50.4 Å². The highest BCUT2D eigenvalue weighted by Gasteiger charge is 2.46. The largest absolute Gasteiger partial charge is 0.471 e. The fourth-order valence-electron chi connectivity index (χ4n) is 5.75. The van der Waals surface area contributed by atoms with Crippen molar-refractivity contribution in [3.8, 4) is 0 Å². The summed E-state index contributed by atoms with van der Waals surface area (Å²) in [6.45, 7) is 9.22. The maximum absolute atomic E-state index is 14.0. The first-order valence-electron chi connectivity index (χ1n) is 15.8. The van der Waals surface area contributed by atoms with Gasteiger partial charge in [-0.3, -0.25) is 19.2 Å². The highest BCUT2D eigenvalue weighted by atomic mass is 35.5. The van der Waals surface area contributed by atoms with Crippen molar-refractivity contribution in [3.63, 3.8) is 0 Å². The molecule has 0 fully saturated rings. The molecule has 0 saturated heterocycles. The molecule has 1 unspecified atom stereocenters. The number of amides is 3. The summed E-state index contributed by atoms with van der Waals surface area (Å²) < 4.78 is 45.3. The molecule has 3 amide bonds. The minimum absolute atomic E-state index is 0.247. The van der Waals surface area contributed by atoms with E-state index < -0.39 is 59.0 Å². The molecular weight excluding hydrogens is 659 g/mol. The first-order valence-corrected chi connectivity index (χ1v) is 16.1. The van der Waals surface area contributed by atoms with Gasteiger partial charge in [0.1, 0.15) is 11.6 Å². The van der Waals surface area contributed by atoms with Crippen molar-refractivity contribution in [1.29, 1.82) is 0 Å². The number of nitrogens with zero attached hydrogens (tertiary/aromatic N) is 2. The monoisotopic (exact) mass is 701 g/mol. The Morgan fingerprint density at radius 1 is 0.816 bits per heavy atom. The molecule has 0 aliphatic heterocycles. The second kappa shape index (κ2) is 15.4.